The number of urea groups is 1. The Bertz CT molecular complexity index is 231. The predicted octanol–water partition coefficient (Wildman–Crippen LogP) is 5.25. The molecular formula is C18H38N2O. The zero-order valence-electron chi connectivity index (χ0n) is 14.7. The Morgan fingerprint density at radius 2 is 1.33 bits per heavy atom. The average molecular weight is 299 g/mol. The second kappa shape index (κ2) is 15.7. The van der Waals surface area contributed by atoms with Crippen LogP contribution in [0.1, 0.15) is 90.9 Å². The minimum absolute atomic E-state index is 0.0664. The molecule has 1 unspecified atom stereocenters. The first-order valence-electron chi connectivity index (χ1n) is 9.16. The van der Waals surface area contributed by atoms with Crippen molar-refractivity contribution < 1.29 is 4.79 Å². The average Bonchev–Trinajstić information content (AvgIpc) is 2.51. The molecule has 2 amide bonds. The van der Waals surface area contributed by atoms with Gasteiger partial charge in [0, 0.05) is 13.6 Å². The number of hydrogen-bond acceptors (Lipinski definition) is 1. The monoisotopic (exact) mass is 298 g/mol. The molecule has 0 saturated heterocycles. The summed E-state index contributed by atoms with van der Waals surface area (Å²) in [5, 5.41) is 5.39. The Morgan fingerprint density at radius 1 is 0.857 bits per heavy atom. The molecule has 3 nitrogen and oxygen atoms in total. The Balaban J connectivity index is 3.04. The van der Waals surface area contributed by atoms with E-state index in [0.717, 1.165) is 18.9 Å². The van der Waals surface area contributed by atoms with E-state index in [4.69, 9.17) is 0 Å². The van der Waals surface area contributed by atoms with E-state index in [1.54, 1.807) is 7.05 Å². The molecule has 0 saturated carbocycles. The molecule has 0 fully saturated rings. The summed E-state index contributed by atoms with van der Waals surface area (Å²) >= 11 is 0. The van der Waals surface area contributed by atoms with Gasteiger partial charge < -0.3 is 10.6 Å². The van der Waals surface area contributed by atoms with Gasteiger partial charge in [0.05, 0.1) is 0 Å². The molecule has 0 rings (SSSR count). The summed E-state index contributed by atoms with van der Waals surface area (Å²) in [7, 11) is 1.65. The minimum atomic E-state index is -0.0664. The van der Waals surface area contributed by atoms with E-state index in [9.17, 15) is 4.79 Å². The van der Waals surface area contributed by atoms with E-state index in [2.05, 4.69) is 24.5 Å². The minimum Gasteiger partial charge on any atom is -0.341 e. The van der Waals surface area contributed by atoms with Gasteiger partial charge in [0.2, 0.25) is 0 Å². The molecule has 1 atom stereocenters. The van der Waals surface area contributed by atoms with Gasteiger partial charge in [-0.1, -0.05) is 84.5 Å². The maximum atomic E-state index is 10.9. The van der Waals surface area contributed by atoms with E-state index in [1.807, 2.05) is 0 Å². The van der Waals surface area contributed by atoms with Crippen molar-refractivity contribution >= 4 is 6.03 Å². The number of amides is 2. The summed E-state index contributed by atoms with van der Waals surface area (Å²) in [6.07, 6.45) is 16.2. The highest BCUT2D eigenvalue weighted by Crippen LogP contribution is 2.15. The highest BCUT2D eigenvalue weighted by molar-refractivity contribution is 5.73. The van der Waals surface area contributed by atoms with Crippen molar-refractivity contribution in [2.45, 2.75) is 90.9 Å². The summed E-state index contributed by atoms with van der Waals surface area (Å²) in [5.74, 6) is 0.919. The van der Waals surface area contributed by atoms with Gasteiger partial charge in [-0.15, -0.1) is 0 Å². The molecule has 0 aromatic rings. The topological polar surface area (TPSA) is 41.1 Å². The molecule has 2 N–H and O–H groups in total. The molecule has 0 bridgehead atoms. The third kappa shape index (κ3) is 15.5. The van der Waals surface area contributed by atoms with Crippen LogP contribution in [0.15, 0.2) is 0 Å². The van der Waals surface area contributed by atoms with Crippen LogP contribution in [-0.4, -0.2) is 19.6 Å². The molecule has 0 aromatic heterocycles. The van der Waals surface area contributed by atoms with Gasteiger partial charge in [-0.25, -0.2) is 4.79 Å². The molecule has 3 heteroatoms. The van der Waals surface area contributed by atoms with Gasteiger partial charge in [-0.3, -0.25) is 0 Å². The van der Waals surface area contributed by atoms with Crippen molar-refractivity contribution in [1.82, 2.24) is 10.6 Å². The maximum absolute atomic E-state index is 10.9. The number of carbonyl (C=O) groups is 1. The van der Waals surface area contributed by atoms with E-state index in [-0.39, 0.29) is 6.03 Å². The molecule has 0 aliphatic rings. The van der Waals surface area contributed by atoms with E-state index in [1.165, 1.54) is 70.6 Å². The summed E-state index contributed by atoms with van der Waals surface area (Å²) in [4.78, 5) is 10.9. The largest absolute Gasteiger partial charge is 0.341 e. The molecule has 0 heterocycles. The number of hydrogen-bond donors (Lipinski definition) is 2. The third-order valence-electron chi connectivity index (χ3n) is 4.33. The molecular weight excluding hydrogens is 260 g/mol. The van der Waals surface area contributed by atoms with Crippen molar-refractivity contribution in [2.75, 3.05) is 13.6 Å². The van der Waals surface area contributed by atoms with Crippen LogP contribution in [0.2, 0.25) is 0 Å². The van der Waals surface area contributed by atoms with Crippen molar-refractivity contribution in [3.8, 4) is 0 Å². The number of rotatable bonds is 14. The smallest absolute Gasteiger partial charge is 0.314 e. The molecule has 0 radical (unpaired) electrons. The van der Waals surface area contributed by atoms with Crippen molar-refractivity contribution in [3.05, 3.63) is 0 Å². The van der Waals surface area contributed by atoms with Gasteiger partial charge in [0.1, 0.15) is 0 Å². The number of carbonyl (C=O) groups excluding carboxylic acids is 1. The van der Waals surface area contributed by atoms with Crippen LogP contribution in [-0.2, 0) is 0 Å². The van der Waals surface area contributed by atoms with E-state index >= 15 is 0 Å². The van der Waals surface area contributed by atoms with Crippen molar-refractivity contribution in [3.63, 3.8) is 0 Å². The number of unbranched alkanes of at least 4 members (excludes halogenated alkanes) is 9. The van der Waals surface area contributed by atoms with Crippen molar-refractivity contribution in [1.29, 1.82) is 0 Å². The van der Waals surface area contributed by atoms with Crippen LogP contribution < -0.4 is 10.6 Å². The lowest BCUT2D eigenvalue weighted by Gasteiger charge is -2.07. The van der Waals surface area contributed by atoms with Gasteiger partial charge in [0.15, 0.2) is 0 Å². The lowest BCUT2D eigenvalue weighted by Crippen LogP contribution is -2.33. The van der Waals surface area contributed by atoms with Crippen LogP contribution >= 0.6 is 0 Å². The first-order chi connectivity index (χ1) is 10.2. The zero-order valence-corrected chi connectivity index (χ0v) is 14.7. The third-order valence-corrected chi connectivity index (χ3v) is 4.33. The highest BCUT2D eigenvalue weighted by atomic mass is 16.2. The summed E-state index contributed by atoms with van der Waals surface area (Å²) in [6.45, 7) is 5.46. The fourth-order valence-corrected chi connectivity index (χ4v) is 2.53. The van der Waals surface area contributed by atoms with Gasteiger partial charge >= 0.3 is 6.03 Å². The maximum Gasteiger partial charge on any atom is 0.314 e. The Kier molecular flexibility index (Phi) is 15.1. The lowest BCUT2D eigenvalue weighted by atomic mass is 9.99. The summed E-state index contributed by atoms with van der Waals surface area (Å²) < 4.78 is 0. The van der Waals surface area contributed by atoms with Crippen LogP contribution in [0, 0.1) is 5.92 Å². The Labute approximate surface area is 132 Å². The van der Waals surface area contributed by atoms with E-state index < -0.39 is 0 Å². The highest BCUT2D eigenvalue weighted by Gasteiger charge is 1.98. The van der Waals surface area contributed by atoms with Crippen LogP contribution in [0.25, 0.3) is 0 Å². The fourth-order valence-electron chi connectivity index (χ4n) is 2.53. The Hall–Kier alpha value is -0.730. The van der Waals surface area contributed by atoms with Gasteiger partial charge in [-0.2, -0.15) is 0 Å². The Morgan fingerprint density at radius 3 is 1.81 bits per heavy atom. The quantitative estimate of drug-likeness (QED) is 0.422. The van der Waals surface area contributed by atoms with E-state index in [0.29, 0.717) is 0 Å². The normalized spacial score (nSPS) is 12.1. The standard InChI is InChI=1S/C18H38N2O/c1-4-17(2)15-13-11-9-7-5-6-8-10-12-14-16-20-18(21)19-3/h17H,4-16H2,1-3H3,(H2,19,20,21). The molecule has 0 aliphatic heterocycles. The molecule has 126 valence electrons. The van der Waals surface area contributed by atoms with Gasteiger partial charge in [-0.05, 0) is 12.3 Å². The second-order valence-corrected chi connectivity index (χ2v) is 6.34. The SMILES string of the molecule is CCC(C)CCCCCCCCCCCCNC(=O)NC. The first-order valence-corrected chi connectivity index (χ1v) is 9.16. The summed E-state index contributed by atoms with van der Waals surface area (Å²) in [6, 6.07) is -0.0664. The van der Waals surface area contributed by atoms with Gasteiger partial charge in [0.25, 0.3) is 0 Å². The lowest BCUT2D eigenvalue weighted by molar-refractivity contribution is 0.242. The van der Waals surface area contributed by atoms with Crippen LogP contribution in [0.5, 0.6) is 0 Å². The fraction of sp³-hybridized carbons (Fsp3) is 0.944. The summed E-state index contributed by atoms with van der Waals surface area (Å²) in [5.41, 5.74) is 0. The number of nitrogens with one attached hydrogen (secondary N) is 2. The molecule has 0 aliphatic carbocycles. The molecule has 0 spiro atoms. The first kappa shape index (κ1) is 20.3. The second-order valence-electron chi connectivity index (χ2n) is 6.34. The zero-order chi connectivity index (χ0) is 15.8. The molecule has 0 aromatic carbocycles. The predicted molar refractivity (Wildman–Crippen MR) is 92.7 cm³/mol. The van der Waals surface area contributed by atoms with Crippen LogP contribution in [0.4, 0.5) is 4.79 Å². The molecule has 21 heavy (non-hydrogen) atoms. The van der Waals surface area contributed by atoms with Crippen LogP contribution in [0.3, 0.4) is 0 Å². The van der Waals surface area contributed by atoms with Crippen molar-refractivity contribution in [2.24, 2.45) is 5.92 Å².